The smallest absolute Gasteiger partial charge is 0.462 e. The maximum Gasteiger partial charge on any atom is 0.472 e. The van der Waals surface area contributed by atoms with Crippen LogP contribution in [0.1, 0.15) is 232 Å². The molecule has 3 N–H and O–H groups in total. The molecule has 0 heterocycles. The topological polar surface area (TPSA) is 134 Å². The normalized spacial score (nSPS) is 14.0. The molecule has 2 unspecified atom stereocenters. The van der Waals surface area contributed by atoms with Crippen molar-refractivity contribution in [2.45, 2.75) is 238 Å². The van der Waals surface area contributed by atoms with Gasteiger partial charge in [0.2, 0.25) is 0 Å². The molecule has 0 aliphatic carbocycles. The average Bonchev–Trinajstić information content (AvgIpc) is 3.38. The van der Waals surface area contributed by atoms with E-state index in [-0.39, 0.29) is 32.6 Å². The Morgan fingerprint density at radius 3 is 1.12 bits per heavy atom. The summed E-state index contributed by atoms with van der Waals surface area (Å²) in [5, 5.41) is 0. The quantitative estimate of drug-likeness (QED) is 0.0264. The van der Waals surface area contributed by atoms with Crippen LogP contribution in [0, 0.1) is 0 Å². The van der Waals surface area contributed by atoms with Gasteiger partial charge >= 0.3 is 19.8 Å². The molecule has 0 aromatic carbocycles. The molecule has 10 heteroatoms. The van der Waals surface area contributed by atoms with Crippen LogP contribution in [0.15, 0.2) is 122 Å². The van der Waals surface area contributed by atoms with E-state index >= 15 is 0 Å². The Morgan fingerprint density at radius 2 is 0.753 bits per heavy atom. The number of rotatable bonds is 53. The van der Waals surface area contributed by atoms with Gasteiger partial charge in [-0.1, -0.05) is 238 Å². The fourth-order valence-electron chi connectivity index (χ4n) is 7.57. The molecule has 0 aromatic heterocycles. The SMILES string of the molecule is CC/C=C\C/C=C\C/C=C\C/C=C\C/C=C\C/C=C\C/C=C\C/C=C\CCCCCCCCCCCCCCCCC(=O)OC(COC(=O)CCCCCCC/C=C\C/C=C\CCC)COP(=O)(O)OCCN. The number of phosphoric acid groups is 1. The van der Waals surface area contributed by atoms with Gasteiger partial charge in [0.15, 0.2) is 6.10 Å². The maximum atomic E-state index is 12.7. The van der Waals surface area contributed by atoms with Crippen LogP contribution in [-0.2, 0) is 32.7 Å². The Balaban J connectivity index is 3.90. The molecule has 0 amide bonds. The Kier molecular flexibility index (Phi) is 54.8. The standard InChI is InChI=1S/C63H106NO8P/c1-3-5-7-9-11-13-15-17-18-19-20-21-22-23-24-25-26-27-28-29-30-31-32-33-34-35-36-37-38-39-40-41-42-44-46-48-50-52-54-56-63(66)72-61(60-71-73(67,68)70-58-57-64)59-69-62(65)55-53-51-49-47-45-43-16-14-12-10-8-6-4-2/h5,7-8,10-11,13-14,16-18,20-21,23-24,26-27,29-30,32-33,61H,3-4,6,9,12,15,19,22,25,28,31,34-60,64H2,1-2H3,(H,67,68)/b7-5-,10-8-,13-11-,16-14-,18-17-,21-20-,24-23-,27-26-,30-29-,33-32-. The summed E-state index contributed by atoms with van der Waals surface area (Å²) in [4.78, 5) is 35.1. The highest BCUT2D eigenvalue weighted by molar-refractivity contribution is 7.47. The van der Waals surface area contributed by atoms with Gasteiger partial charge in [-0.3, -0.25) is 18.6 Å². The third-order valence-electron chi connectivity index (χ3n) is 11.8. The van der Waals surface area contributed by atoms with Crippen molar-refractivity contribution in [3.05, 3.63) is 122 Å². The minimum atomic E-state index is -4.39. The van der Waals surface area contributed by atoms with Gasteiger partial charge in [0, 0.05) is 19.4 Å². The number of esters is 2. The Labute approximate surface area is 447 Å². The molecule has 416 valence electrons. The van der Waals surface area contributed by atoms with E-state index in [1.54, 1.807) is 0 Å². The van der Waals surface area contributed by atoms with E-state index in [9.17, 15) is 19.0 Å². The number of allylic oxidation sites excluding steroid dienone is 20. The predicted molar refractivity (Wildman–Crippen MR) is 311 cm³/mol. The molecule has 0 bridgehead atoms. The minimum absolute atomic E-state index is 0.0468. The predicted octanol–water partition coefficient (Wildman–Crippen LogP) is 18.4. The van der Waals surface area contributed by atoms with E-state index in [0.717, 1.165) is 116 Å². The number of phosphoric ester groups is 1. The minimum Gasteiger partial charge on any atom is -0.462 e. The zero-order chi connectivity index (χ0) is 53.1. The summed E-state index contributed by atoms with van der Waals surface area (Å²) in [6.07, 6.45) is 79.8. The van der Waals surface area contributed by atoms with E-state index in [2.05, 4.69) is 135 Å². The number of carbonyl (C=O) groups is 2. The highest BCUT2D eigenvalue weighted by Gasteiger charge is 2.26. The molecular formula is C63H106NO8P. The van der Waals surface area contributed by atoms with Crippen LogP contribution in [0.4, 0.5) is 0 Å². The monoisotopic (exact) mass is 1040 g/mol. The van der Waals surface area contributed by atoms with Gasteiger partial charge in [-0.2, -0.15) is 0 Å². The second-order valence-corrected chi connectivity index (χ2v) is 20.2. The largest absolute Gasteiger partial charge is 0.472 e. The third-order valence-corrected chi connectivity index (χ3v) is 12.8. The van der Waals surface area contributed by atoms with Crippen molar-refractivity contribution in [2.24, 2.45) is 5.73 Å². The summed E-state index contributed by atoms with van der Waals surface area (Å²) in [7, 11) is -4.39. The zero-order valence-electron chi connectivity index (χ0n) is 46.3. The zero-order valence-corrected chi connectivity index (χ0v) is 47.2. The van der Waals surface area contributed by atoms with Crippen LogP contribution in [0.5, 0.6) is 0 Å². The van der Waals surface area contributed by atoms with Gasteiger partial charge in [-0.25, -0.2) is 4.57 Å². The van der Waals surface area contributed by atoms with E-state index in [1.165, 1.54) is 77.0 Å². The molecule has 0 radical (unpaired) electrons. The van der Waals surface area contributed by atoms with Gasteiger partial charge in [0.1, 0.15) is 6.61 Å². The third kappa shape index (κ3) is 57.5. The fourth-order valence-corrected chi connectivity index (χ4v) is 8.34. The first-order valence-corrected chi connectivity index (χ1v) is 30.5. The lowest BCUT2D eigenvalue weighted by Gasteiger charge is -2.19. The van der Waals surface area contributed by atoms with Crippen molar-refractivity contribution in [1.29, 1.82) is 0 Å². The highest BCUT2D eigenvalue weighted by atomic mass is 31.2. The average molecular weight is 1040 g/mol. The number of ether oxygens (including phenoxy) is 2. The maximum absolute atomic E-state index is 12.7. The molecule has 2 atom stereocenters. The summed E-state index contributed by atoms with van der Waals surface area (Å²) in [6.45, 7) is 3.53. The molecule has 0 saturated carbocycles. The van der Waals surface area contributed by atoms with Crippen LogP contribution < -0.4 is 5.73 Å². The second kappa shape index (κ2) is 57.7. The van der Waals surface area contributed by atoms with Crippen LogP contribution in [0.25, 0.3) is 0 Å². The number of carbonyl (C=O) groups excluding carboxylic acids is 2. The van der Waals surface area contributed by atoms with Gasteiger partial charge in [-0.05, 0) is 103 Å². The summed E-state index contributed by atoms with van der Waals surface area (Å²) in [6, 6.07) is 0. The van der Waals surface area contributed by atoms with Gasteiger partial charge < -0.3 is 20.1 Å². The lowest BCUT2D eigenvalue weighted by atomic mass is 10.0. The van der Waals surface area contributed by atoms with Crippen molar-refractivity contribution in [2.75, 3.05) is 26.4 Å². The summed E-state index contributed by atoms with van der Waals surface area (Å²) in [5.41, 5.74) is 5.37. The van der Waals surface area contributed by atoms with E-state index in [4.69, 9.17) is 24.3 Å². The summed E-state index contributed by atoms with van der Waals surface area (Å²) < 4.78 is 32.9. The lowest BCUT2D eigenvalue weighted by Crippen LogP contribution is -2.29. The molecule has 0 fully saturated rings. The van der Waals surface area contributed by atoms with Crippen LogP contribution >= 0.6 is 7.82 Å². The molecule has 9 nitrogen and oxygen atoms in total. The fraction of sp³-hybridized carbons (Fsp3) is 0.651. The molecule has 0 aromatic rings. The van der Waals surface area contributed by atoms with Crippen molar-refractivity contribution in [3.8, 4) is 0 Å². The number of hydrogen-bond acceptors (Lipinski definition) is 8. The molecular weight excluding hydrogens is 930 g/mol. The van der Waals surface area contributed by atoms with Crippen molar-refractivity contribution in [3.63, 3.8) is 0 Å². The first-order chi connectivity index (χ1) is 35.8. The first kappa shape index (κ1) is 69.4. The molecule has 0 rings (SSSR count). The lowest BCUT2D eigenvalue weighted by molar-refractivity contribution is -0.161. The highest BCUT2D eigenvalue weighted by Crippen LogP contribution is 2.43. The Bertz CT molecular complexity index is 1600. The van der Waals surface area contributed by atoms with E-state index < -0.39 is 32.5 Å². The molecule has 0 aliphatic rings. The van der Waals surface area contributed by atoms with Crippen LogP contribution in [0.2, 0.25) is 0 Å². The van der Waals surface area contributed by atoms with E-state index in [1.807, 2.05) is 0 Å². The summed E-state index contributed by atoms with van der Waals surface area (Å²) in [5.74, 6) is -0.850. The number of unbranched alkanes of at least 4 members (excludes halogenated alkanes) is 20. The first-order valence-electron chi connectivity index (χ1n) is 29.0. The molecule has 0 saturated heterocycles. The summed E-state index contributed by atoms with van der Waals surface area (Å²) >= 11 is 0. The Morgan fingerprint density at radius 1 is 0.425 bits per heavy atom. The van der Waals surface area contributed by atoms with Gasteiger partial charge in [0.25, 0.3) is 0 Å². The van der Waals surface area contributed by atoms with Gasteiger partial charge in [0.05, 0.1) is 13.2 Å². The van der Waals surface area contributed by atoms with Crippen molar-refractivity contribution >= 4 is 19.8 Å². The Hall–Kier alpha value is -3.59. The molecule has 0 spiro atoms. The van der Waals surface area contributed by atoms with Crippen LogP contribution in [-0.4, -0.2) is 49.3 Å². The number of hydrogen-bond donors (Lipinski definition) is 2. The van der Waals surface area contributed by atoms with E-state index in [0.29, 0.717) is 12.8 Å². The van der Waals surface area contributed by atoms with Gasteiger partial charge in [-0.15, -0.1) is 0 Å². The van der Waals surface area contributed by atoms with Crippen molar-refractivity contribution < 1.29 is 37.6 Å². The molecule has 73 heavy (non-hydrogen) atoms. The van der Waals surface area contributed by atoms with Crippen molar-refractivity contribution in [1.82, 2.24) is 0 Å². The number of nitrogens with two attached hydrogens (primary N) is 1. The second-order valence-electron chi connectivity index (χ2n) is 18.8. The molecule has 0 aliphatic heterocycles. The van der Waals surface area contributed by atoms with Crippen LogP contribution in [0.3, 0.4) is 0 Å².